The summed E-state index contributed by atoms with van der Waals surface area (Å²) in [7, 11) is 3.81. The van der Waals surface area contributed by atoms with Crippen molar-refractivity contribution in [1.82, 2.24) is 35.1 Å². The van der Waals surface area contributed by atoms with Gasteiger partial charge in [0.05, 0.1) is 44.7 Å². The van der Waals surface area contributed by atoms with Crippen LogP contribution in [0.25, 0.3) is 0 Å². The number of primary amides is 4. The Kier molecular flexibility index (Phi) is 24.6. The lowest BCUT2D eigenvalue weighted by molar-refractivity contribution is -0.180. The lowest BCUT2D eigenvalue weighted by Gasteiger charge is -2.65. The molecule has 4 aliphatic heterocycles. The topological polar surface area (TPSA) is 435 Å². The van der Waals surface area contributed by atoms with Gasteiger partial charge in [0.25, 0.3) is 29.5 Å². The van der Waals surface area contributed by atoms with Gasteiger partial charge >= 0.3 is 0 Å². The Hall–Kier alpha value is -9.06. The first-order chi connectivity index (χ1) is 63.2. The van der Waals surface area contributed by atoms with Crippen molar-refractivity contribution in [2.75, 3.05) is 66.5 Å². The van der Waals surface area contributed by atoms with Crippen LogP contribution in [0.5, 0.6) is 23.0 Å². The quantitative estimate of drug-likeness (QED) is 0.0363. The van der Waals surface area contributed by atoms with Crippen molar-refractivity contribution < 1.29 is 69.6 Å². The van der Waals surface area contributed by atoms with E-state index in [0.717, 1.165) is 154 Å². The Bertz CT molecular complexity index is 5470. The predicted molar refractivity (Wildman–Crippen MR) is 503 cm³/mol. The van der Waals surface area contributed by atoms with Gasteiger partial charge in [-0.05, 0) is 320 Å². The van der Waals surface area contributed by atoms with Gasteiger partial charge in [0.2, 0.25) is 5.91 Å². The molecule has 13 aliphatic carbocycles. The largest absolute Gasteiger partial charge is 0.507 e. The highest BCUT2D eigenvalue weighted by atomic mass is 16.3. The number of hydrogen-bond acceptors (Lipinski definition) is 20. The Morgan fingerprint density at radius 2 is 0.811 bits per heavy atom. The highest BCUT2D eigenvalue weighted by Gasteiger charge is 2.71. The maximum Gasteiger partial charge on any atom is 0.252 e. The van der Waals surface area contributed by atoms with E-state index in [-0.39, 0.29) is 105 Å². The molecule has 0 radical (unpaired) electrons. The van der Waals surface area contributed by atoms with E-state index in [9.17, 15) is 69.6 Å². The average Bonchev–Trinajstić information content (AvgIpc) is 0.697. The zero-order valence-electron chi connectivity index (χ0n) is 77.4. The number of carbonyl (C=O) groups excluding carboxylic acids is 6. The van der Waals surface area contributed by atoms with E-state index in [0.29, 0.717) is 118 Å². The van der Waals surface area contributed by atoms with Gasteiger partial charge in [-0.2, -0.15) is 0 Å². The minimum Gasteiger partial charge on any atom is -0.507 e. The first kappa shape index (κ1) is 92.0. The smallest absolute Gasteiger partial charge is 0.252 e. The Morgan fingerprint density at radius 1 is 0.455 bits per heavy atom. The number of aromatic hydroxyl groups is 4. The minimum atomic E-state index is -1.06. The fraction of sp³-hybridized carbons (Fsp3) is 0.604. The van der Waals surface area contributed by atoms with Gasteiger partial charge in [0, 0.05) is 137 Å². The number of piperidine rings is 4. The molecular weight excluding hydrogens is 1670 g/mol. The molecule has 12 fully saturated rings. The number of likely N-dealkylation sites (N-methyl/N-ethyl adjacent to an activating group) is 1. The molecule has 0 aromatic heterocycles. The maximum absolute atomic E-state index is 13.2. The van der Waals surface area contributed by atoms with E-state index in [1.54, 1.807) is 35.2 Å². The third kappa shape index (κ3) is 15.1. The second-order valence-electron chi connectivity index (χ2n) is 43.5. The summed E-state index contributed by atoms with van der Waals surface area (Å²) in [6, 6.07) is 21.8. The molecule has 5 aromatic carbocycles. The van der Waals surface area contributed by atoms with Gasteiger partial charge in [-0.3, -0.25) is 48.4 Å². The molecule has 708 valence electrons. The van der Waals surface area contributed by atoms with E-state index in [1.165, 1.54) is 77.0 Å². The number of allylic oxidation sites excluding steroid dienone is 5. The molecule has 16 atom stereocenters. The molecule has 6 amide bonds. The van der Waals surface area contributed by atoms with Gasteiger partial charge in [-0.15, -0.1) is 0 Å². The summed E-state index contributed by atoms with van der Waals surface area (Å²) < 4.78 is 0. The Morgan fingerprint density at radius 3 is 1.16 bits per heavy atom. The summed E-state index contributed by atoms with van der Waals surface area (Å²) in [4.78, 5) is 86.3. The first-order valence-electron chi connectivity index (χ1n) is 49.8. The predicted octanol–water partition coefficient (Wildman–Crippen LogP) is 9.59. The van der Waals surface area contributed by atoms with Crippen LogP contribution in [0.15, 0.2) is 109 Å². The van der Waals surface area contributed by atoms with Crippen LogP contribution in [-0.4, -0.2) is 238 Å². The van der Waals surface area contributed by atoms with E-state index in [4.69, 9.17) is 28.7 Å². The molecule has 5 aromatic rings. The second-order valence-corrected chi connectivity index (χ2v) is 43.5. The second kappa shape index (κ2) is 35.2. The lowest BCUT2D eigenvalue weighted by Crippen LogP contribution is -2.74. The number of fused-ring (bicyclic) bond motifs is 4. The van der Waals surface area contributed by atoms with Gasteiger partial charge in [-0.1, -0.05) is 85.9 Å². The van der Waals surface area contributed by atoms with Crippen LogP contribution in [0.2, 0.25) is 0 Å². The zero-order valence-corrected chi connectivity index (χ0v) is 77.4. The molecule has 26 nitrogen and oxygen atoms in total. The summed E-state index contributed by atoms with van der Waals surface area (Å²) >= 11 is 0. The summed E-state index contributed by atoms with van der Waals surface area (Å²) in [6.45, 7) is 9.56. The van der Waals surface area contributed by atoms with Crippen LogP contribution in [0.4, 0.5) is 0 Å². The molecule has 17 aliphatic rings. The van der Waals surface area contributed by atoms with E-state index in [2.05, 4.69) is 42.4 Å². The number of rotatable bonds is 18. The van der Waals surface area contributed by atoms with Gasteiger partial charge in [0.1, 0.15) is 23.0 Å². The molecule has 4 unspecified atom stereocenters. The third-order valence-electron chi connectivity index (χ3n) is 37.2. The van der Waals surface area contributed by atoms with Gasteiger partial charge < -0.3 is 85.1 Å². The van der Waals surface area contributed by atoms with Crippen LogP contribution in [0, 0.1) is 30.6 Å². The number of nitrogens with zero attached hydrogens (tertiary/aromatic N) is 5. The minimum absolute atomic E-state index is 0.00364. The molecule has 8 saturated carbocycles. The number of benzene rings is 5. The van der Waals surface area contributed by atoms with Crippen LogP contribution in [0.3, 0.4) is 0 Å². The van der Waals surface area contributed by atoms with Gasteiger partial charge in [-0.25, -0.2) is 0 Å². The van der Waals surface area contributed by atoms with Crippen molar-refractivity contribution in [3.8, 4) is 23.0 Å². The molecule has 132 heavy (non-hydrogen) atoms. The standard InChI is InChI=1S/C31H39N3O4.C30H37N3O4.C23H33N3O3.C22H31N3O3/c1-33(26(35)12-9-20-5-2-3-6-20)23-13-14-31(38)25-17-22-10-11-24(29(32)37)28(36)27(22)30(31,18-23)15-16-34(25)19-21-7-4-8-21;1-18-4-2-7-21(14-18)28(36)32-22-10-11-30(37)24-15-20-8-9-23(27(31)35)26(34)25(20)29(30,16-22)12-13-33(24)17-19-5-3-6-19;1-25-16-7-8-23(29)18-11-15-5-6-17(21(24)28)20(27)19(15)22(23,12-16)9-10-26(18)13-14-3-2-4-14;23-15-6-7-22(28)17-10-14-4-5-16(20(24)27)19(26)18(14)21(22,11-15)8-9-25(17)12-13-2-1-3-13/h2,5-6,9-12,21,23,25,36,38H,3-4,7-8,13-19H2,1H3,(H2,32,37);2,4,7-9,14,19,22,24,34,37H,3,5-6,10-13,15-17H2,1H3,(H2,31,35)(H,32,36);5-6,14,16,18,25,27,29H,2-4,7-13H2,1H3,(H2,24,28);4-5,13,15,17,26,28H,1-3,6-12,23H2,(H2,24,27)/b12-9+;;;/t23?,25-,30-,31-;22?,24-,29-,30-;16?,18-,22-,23-;15?,17-,21-,22-/m1111/s1. The van der Waals surface area contributed by atoms with Crippen LogP contribution >= 0.6 is 0 Å². The highest BCUT2D eigenvalue weighted by molar-refractivity contribution is 5.99. The maximum atomic E-state index is 13.2. The molecule has 4 saturated heterocycles. The molecular formula is C106H140N12O14. The summed E-state index contributed by atoms with van der Waals surface area (Å²) in [5, 5.41) is 101. The van der Waals surface area contributed by atoms with Crippen LogP contribution in [-0.2, 0) is 52.1 Å². The van der Waals surface area contributed by atoms with E-state index >= 15 is 0 Å². The number of carbonyl (C=O) groups is 6. The van der Waals surface area contributed by atoms with Crippen molar-refractivity contribution >= 4 is 35.4 Å². The summed E-state index contributed by atoms with van der Waals surface area (Å²) in [5.74, 6) is -0.138. The summed E-state index contributed by atoms with van der Waals surface area (Å²) in [6.07, 6.45) is 39.4. The monoisotopic (exact) mass is 1810 g/mol. The number of phenols is 4. The normalized spacial score (nSPS) is 34.1. The van der Waals surface area contributed by atoms with Crippen molar-refractivity contribution in [3.63, 3.8) is 0 Å². The Balaban J connectivity index is 0.000000115. The summed E-state index contributed by atoms with van der Waals surface area (Å²) in [5.41, 5.74) is 32.2. The van der Waals surface area contributed by atoms with E-state index < -0.39 is 67.7 Å². The van der Waals surface area contributed by atoms with Crippen molar-refractivity contribution in [1.29, 1.82) is 0 Å². The average molecular weight is 1810 g/mol. The molecule has 26 heteroatoms. The Labute approximate surface area is 775 Å². The number of aliphatic hydroxyl groups is 4. The molecule has 20 N–H and O–H groups in total. The fourth-order valence-electron chi connectivity index (χ4n) is 29.4. The van der Waals surface area contributed by atoms with E-state index in [1.807, 2.05) is 81.7 Å². The van der Waals surface area contributed by atoms with Gasteiger partial charge in [0.15, 0.2) is 0 Å². The fourth-order valence-corrected chi connectivity index (χ4v) is 29.4. The number of nitrogens with one attached hydrogen (secondary N) is 2. The zero-order chi connectivity index (χ0) is 92.7. The molecule has 0 spiro atoms. The van der Waals surface area contributed by atoms with Crippen molar-refractivity contribution in [2.24, 2.45) is 52.3 Å². The molecule has 4 heterocycles. The highest BCUT2D eigenvalue weighted by Crippen LogP contribution is 2.66. The number of likely N-dealkylation sites (tertiary alicyclic amines) is 4. The number of aryl methyl sites for hydroxylation is 1. The molecule has 22 rings (SSSR count). The third-order valence-corrected chi connectivity index (χ3v) is 37.2. The van der Waals surface area contributed by atoms with Crippen LogP contribution in [0.1, 0.15) is 288 Å². The van der Waals surface area contributed by atoms with Crippen molar-refractivity contribution in [2.45, 2.75) is 311 Å². The number of amides is 6. The molecule has 8 bridgehead atoms. The SMILES string of the molecule is CN(C(=O)/C=C/C1=CCC=C1)C1CC[C@@]2(O)[C@H]3Cc4ccc(C(N)=O)c(O)c4[C@@]2(CCN3CC2CCC2)C1.CNC1CC[C@@]2(O)[C@H]3Cc4ccc(C(N)=O)c(O)c4[C@@]2(CCN3CC2CCC2)C1.Cc1cccc(C(=O)NC2CC[C@@]3(O)[C@H]4Cc5ccc(C(N)=O)c(O)c5[C@@]3(CCN4CC3CCC3)C2)c1.NC(=O)c1ccc2c(c1O)[C@]13CCN(CC4CCC4)[C@H](C2)[C@]1(O)CCC(N)C3. The van der Waals surface area contributed by atoms with Crippen LogP contribution < -0.4 is 39.3 Å². The number of nitrogens with two attached hydrogens (primary N) is 5. The number of hydrogen-bond donors (Lipinski definition) is 15. The first-order valence-corrected chi connectivity index (χ1v) is 49.8. The lowest BCUT2D eigenvalue weighted by atomic mass is 9.48. The van der Waals surface area contributed by atoms with Crippen molar-refractivity contribution in [3.05, 3.63) is 187 Å².